The molecule has 5 nitrogen and oxygen atoms in total. The smallest absolute Gasteiger partial charge is 0.416 e. The van der Waals surface area contributed by atoms with Gasteiger partial charge in [-0.3, -0.25) is 4.79 Å². The average Bonchev–Trinajstić information content (AvgIpc) is 3.22. The van der Waals surface area contributed by atoms with E-state index in [4.69, 9.17) is 4.42 Å². The van der Waals surface area contributed by atoms with E-state index in [-0.39, 0.29) is 18.3 Å². The molecule has 8 heteroatoms. The molecule has 1 aromatic heterocycles. The highest BCUT2D eigenvalue weighted by molar-refractivity contribution is 5.91. The molecule has 0 bridgehead atoms. The van der Waals surface area contributed by atoms with Crippen molar-refractivity contribution < 1.29 is 22.4 Å². The van der Waals surface area contributed by atoms with Gasteiger partial charge >= 0.3 is 6.18 Å². The van der Waals surface area contributed by atoms with Crippen molar-refractivity contribution in [3.05, 3.63) is 53.2 Å². The Labute approximate surface area is 136 Å². The molecule has 3 rings (SSSR count). The third-order valence-electron chi connectivity index (χ3n) is 3.82. The Morgan fingerprint density at radius 2 is 2.25 bits per heavy atom. The molecule has 0 saturated carbocycles. The second-order valence-electron chi connectivity index (χ2n) is 5.60. The number of amides is 1. The molecule has 1 unspecified atom stereocenters. The van der Waals surface area contributed by atoms with Crippen molar-refractivity contribution in [2.45, 2.75) is 31.6 Å². The molecule has 1 aliphatic rings. The Morgan fingerprint density at radius 1 is 1.42 bits per heavy atom. The predicted molar refractivity (Wildman–Crippen MR) is 79.1 cm³/mol. The molecule has 0 radical (unpaired) electrons. The number of hydrogen-bond acceptors (Lipinski definition) is 4. The van der Waals surface area contributed by atoms with Crippen LogP contribution in [0.1, 0.15) is 46.4 Å². The Morgan fingerprint density at radius 3 is 2.96 bits per heavy atom. The molecule has 128 valence electrons. The summed E-state index contributed by atoms with van der Waals surface area (Å²) in [6.45, 7) is 0.858. The van der Waals surface area contributed by atoms with E-state index in [0.717, 1.165) is 31.5 Å². The highest BCUT2D eigenvalue weighted by atomic mass is 19.4. The molecule has 1 atom stereocenters. The fourth-order valence-corrected chi connectivity index (χ4v) is 2.58. The number of nitrogens with zero attached hydrogens (tertiary/aromatic N) is 1. The number of hydrogen-bond donors (Lipinski definition) is 2. The number of carbonyl (C=O) groups is 1. The summed E-state index contributed by atoms with van der Waals surface area (Å²) < 4.78 is 43.3. The van der Waals surface area contributed by atoms with E-state index in [1.165, 1.54) is 18.4 Å². The van der Waals surface area contributed by atoms with Gasteiger partial charge < -0.3 is 15.1 Å². The first-order valence-corrected chi connectivity index (χ1v) is 7.56. The minimum absolute atomic E-state index is 0.00928. The van der Waals surface area contributed by atoms with Crippen LogP contribution in [0, 0.1) is 0 Å². The van der Waals surface area contributed by atoms with Crippen molar-refractivity contribution in [3.63, 3.8) is 0 Å². The molecule has 1 aromatic carbocycles. The summed E-state index contributed by atoms with van der Waals surface area (Å²) in [6, 6.07) is 4.84. The third kappa shape index (κ3) is 3.76. The van der Waals surface area contributed by atoms with Crippen LogP contribution < -0.4 is 10.6 Å². The Hall–Kier alpha value is -2.35. The van der Waals surface area contributed by atoms with Crippen LogP contribution in [0.3, 0.4) is 0 Å². The Balaban J connectivity index is 1.61. The zero-order valence-corrected chi connectivity index (χ0v) is 12.7. The molecule has 24 heavy (non-hydrogen) atoms. The van der Waals surface area contributed by atoms with Gasteiger partial charge in [0.2, 0.25) is 5.89 Å². The number of aromatic nitrogens is 1. The van der Waals surface area contributed by atoms with E-state index in [1.54, 1.807) is 0 Å². The summed E-state index contributed by atoms with van der Waals surface area (Å²) in [5.41, 5.74) is -0.268. The van der Waals surface area contributed by atoms with Crippen molar-refractivity contribution in [1.29, 1.82) is 0 Å². The maximum Gasteiger partial charge on any atom is 0.416 e. The van der Waals surface area contributed by atoms with Crippen LogP contribution in [0.25, 0.3) is 0 Å². The number of benzene rings is 1. The van der Waals surface area contributed by atoms with Crippen molar-refractivity contribution in [1.82, 2.24) is 15.6 Å². The molecule has 2 aromatic rings. The minimum atomic E-state index is -4.41. The highest BCUT2D eigenvalue weighted by Crippen LogP contribution is 2.29. The topological polar surface area (TPSA) is 67.2 Å². The largest absolute Gasteiger partial charge is 0.446 e. The molecular weight excluding hydrogens is 323 g/mol. The summed E-state index contributed by atoms with van der Waals surface area (Å²) >= 11 is 0. The summed E-state index contributed by atoms with van der Waals surface area (Å²) in [5, 5.41) is 5.76. The number of halogens is 3. The first kappa shape index (κ1) is 16.5. The SMILES string of the molecule is O=C(NCc1cccc(C(F)(F)F)c1)c1coc(C2CCCN2)n1. The maximum absolute atomic E-state index is 12.7. The molecule has 1 saturated heterocycles. The molecular formula is C16H16F3N3O2. The molecule has 0 aliphatic carbocycles. The summed E-state index contributed by atoms with van der Waals surface area (Å²) in [4.78, 5) is 16.2. The molecule has 1 fully saturated rings. The normalized spacial score (nSPS) is 17.9. The first-order chi connectivity index (χ1) is 11.4. The highest BCUT2D eigenvalue weighted by Gasteiger charge is 2.30. The average molecular weight is 339 g/mol. The van der Waals surface area contributed by atoms with E-state index in [2.05, 4.69) is 15.6 Å². The van der Waals surface area contributed by atoms with E-state index in [1.807, 2.05) is 0 Å². The van der Waals surface area contributed by atoms with Gasteiger partial charge in [0.15, 0.2) is 5.69 Å². The maximum atomic E-state index is 12.7. The van der Waals surface area contributed by atoms with Crippen LogP contribution in [0.15, 0.2) is 34.9 Å². The van der Waals surface area contributed by atoms with Gasteiger partial charge in [-0.15, -0.1) is 0 Å². The standard InChI is InChI=1S/C16H16F3N3O2/c17-16(18,19)11-4-1-3-10(7-11)8-21-14(23)13-9-24-15(22-13)12-5-2-6-20-12/h1,3-4,7,9,12,20H,2,5-6,8H2,(H,21,23). The monoisotopic (exact) mass is 339 g/mol. The fourth-order valence-electron chi connectivity index (χ4n) is 2.58. The van der Waals surface area contributed by atoms with E-state index < -0.39 is 17.6 Å². The van der Waals surface area contributed by atoms with Gasteiger partial charge in [-0.05, 0) is 37.1 Å². The fraction of sp³-hybridized carbons (Fsp3) is 0.375. The zero-order valence-electron chi connectivity index (χ0n) is 12.7. The lowest BCUT2D eigenvalue weighted by atomic mass is 10.1. The van der Waals surface area contributed by atoms with Gasteiger partial charge in [-0.25, -0.2) is 4.98 Å². The minimum Gasteiger partial charge on any atom is -0.446 e. The van der Waals surface area contributed by atoms with Crippen LogP contribution >= 0.6 is 0 Å². The van der Waals surface area contributed by atoms with E-state index in [9.17, 15) is 18.0 Å². The molecule has 2 N–H and O–H groups in total. The molecule has 0 spiro atoms. The Kier molecular flexibility index (Phi) is 4.57. The number of nitrogens with one attached hydrogen (secondary N) is 2. The number of carbonyl (C=O) groups excluding carboxylic acids is 1. The quantitative estimate of drug-likeness (QED) is 0.898. The van der Waals surface area contributed by atoms with Gasteiger partial charge in [0, 0.05) is 6.54 Å². The molecule has 2 heterocycles. The van der Waals surface area contributed by atoms with Gasteiger partial charge in [0.1, 0.15) is 6.26 Å². The Bertz CT molecular complexity index is 721. The second kappa shape index (κ2) is 6.64. The lowest BCUT2D eigenvalue weighted by Crippen LogP contribution is -2.23. The number of rotatable bonds is 4. The van der Waals surface area contributed by atoms with Crippen molar-refractivity contribution >= 4 is 5.91 Å². The third-order valence-corrected chi connectivity index (χ3v) is 3.82. The lowest BCUT2D eigenvalue weighted by Gasteiger charge is -2.09. The van der Waals surface area contributed by atoms with Crippen molar-refractivity contribution in [2.75, 3.05) is 6.54 Å². The van der Waals surface area contributed by atoms with Gasteiger partial charge in [-0.2, -0.15) is 13.2 Å². The second-order valence-corrected chi connectivity index (χ2v) is 5.60. The van der Waals surface area contributed by atoms with Gasteiger partial charge in [0.05, 0.1) is 11.6 Å². The first-order valence-electron chi connectivity index (χ1n) is 7.56. The van der Waals surface area contributed by atoms with Crippen molar-refractivity contribution in [3.8, 4) is 0 Å². The van der Waals surface area contributed by atoms with Gasteiger partial charge in [-0.1, -0.05) is 12.1 Å². The van der Waals surface area contributed by atoms with E-state index in [0.29, 0.717) is 11.5 Å². The predicted octanol–water partition coefficient (Wildman–Crippen LogP) is 3.05. The number of alkyl halides is 3. The zero-order chi connectivity index (χ0) is 17.2. The molecule has 1 amide bonds. The van der Waals surface area contributed by atoms with E-state index >= 15 is 0 Å². The molecule has 1 aliphatic heterocycles. The lowest BCUT2D eigenvalue weighted by molar-refractivity contribution is -0.137. The van der Waals surface area contributed by atoms with Gasteiger partial charge in [0.25, 0.3) is 5.91 Å². The van der Waals surface area contributed by atoms with Crippen LogP contribution in [0.2, 0.25) is 0 Å². The number of oxazole rings is 1. The summed E-state index contributed by atoms with van der Waals surface area (Å²) in [5.74, 6) is -0.0304. The van der Waals surface area contributed by atoms with Crippen LogP contribution in [0.5, 0.6) is 0 Å². The summed E-state index contributed by atoms with van der Waals surface area (Å²) in [6.07, 6.45) is -1.23. The summed E-state index contributed by atoms with van der Waals surface area (Å²) in [7, 11) is 0. The van der Waals surface area contributed by atoms with Crippen LogP contribution in [0.4, 0.5) is 13.2 Å². The van der Waals surface area contributed by atoms with Crippen LogP contribution in [-0.4, -0.2) is 17.4 Å². The van der Waals surface area contributed by atoms with Crippen LogP contribution in [-0.2, 0) is 12.7 Å². The van der Waals surface area contributed by atoms with Crippen molar-refractivity contribution in [2.24, 2.45) is 0 Å².